The summed E-state index contributed by atoms with van der Waals surface area (Å²) in [6, 6.07) is 4.61. The molecule has 1 saturated carbocycles. The lowest BCUT2D eigenvalue weighted by molar-refractivity contribution is -0.153. The van der Waals surface area contributed by atoms with Gasteiger partial charge in [-0.3, -0.25) is 9.78 Å². The van der Waals surface area contributed by atoms with E-state index in [2.05, 4.69) is 26.9 Å². The lowest BCUT2D eigenvalue weighted by Gasteiger charge is -2.32. The van der Waals surface area contributed by atoms with Crippen molar-refractivity contribution in [2.24, 2.45) is 11.7 Å². The number of nitrogens with zero attached hydrogens (tertiary/aromatic N) is 2. The van der Waals surface area contributed by atoms with Gasteiger partial charge in [-0.2, -0.15) is 13.2 Å². The molecule has 38 heavy (non-hydrogen) atoms. The number of carbonyl (C=O) groups is 1. The first-order valence-corrected chi connectivity index (χ1v) is 11.8. The molecule has 2 heterocycles. The van der Waals surface area contributed by atoms with Crippen LogP contribution in [0.4, 0.5) is 32.0 Å². The summed E-state index contributed by atoms with van der Waals surface area (Å²) in [4.78, 5) is 20.9. The SMILES string of the molecule is C[C@@H]1C[C@H](N)C[C@H](c2ccncc2NC(=O)c2ccc(F)c(-c3c(F)cc(OCC(F)(F)F)cc3F)n2)C1. The number of amides is 1. The largest absolute Gasteiger partial charge is 0.484 e. The Morgan fingerprint density at radius 3 is 2.45 bits per heavy atom. The number of nitrogens with two attached hydrogens (primary N) is 1. The predicted octanol–water partition coefficient (Wildman–Crippen LogP) is 5.99. The summed E-state index contributed by atoms with van der Waals surface area (Å²) in [5, 5.41) is 2.68. The third-order valence-electron chi connectivity index (χ3n) is 6.26. The molecule has 2 aromatic heterocycles. The molecule has 1 aromatic carbocycles. The number of pyridine rings is 2. The third-order valence-corrected chi connectivity index (χ3v) is 6.26. The van der Waals surface area contributed by atoms with Crippen LogP contribution in [0.15, 0.2) is 42.7 Å². The fraction of sp³-hybridized carbons (Fsp3) is 0.346. The molecule has 202 valence electrons. The molecule has 0 aliphatic heterocycles. The molecule has 0 unspecified atom stereocenters. The second kappa shape index (κ2) is 11.0. The Bertz CT molecular complexity index is 1300. The summed E-state index contributed by atoms with van der Waals surface area (Å²) >= 11 is 0. The van der Waals surface area contributed by atoms with Crippen molar-refractivity contribution in [1.82, 2.24) is 9.97 Å². The number of halogens is 6. The molecule has 3 N–H and O–H groups in total. The number of anilines is 1. The lowest BCUT2D eigenvalue weighted by Crippen LogP contribution is -2.31. The smallest absolute Gasteiger partial charge is 0.422 e. The summed E-state index contributed by atoms with van der Waals surface area (Å²) in [7, 11) is 0. The number of ether oxygens (including phenoxy) is 1. The van der Waals surface area contributed by atoms with Gasteiger partial charge >= 0.3 is 6.18 Å². The van der Waals surface area contributed by atoms with Gasteiger partial charge in [0.05, 0.1) is 17.4 Å². The quantitative estimate of drug-likeness (QED) is 0.377. The highest BCUT2D eigenvalue weighted by atomic mass is 19.4. The van der Waals surface area contributed by atoms with Crippen molar-refractivity contribution in [3.05, 3.63) is 71.4 Å². The van der Waals surface area contributed by atoms with Crippen LogP contribution < -0.4 is 15.8 Å². The third kappa shape index (κ3) is 6.42. The molecule has 1 aliphatic carbocycles. The lowest BCUT2D eigenvalue weighted by atomic mass is 9.76. The average molecular weight is 538 g/mol. The van der Waals surface area contributed by atoms with Crippen molar-refractivity contribution in [2.75, 3.05) is 11.9 Å². The van der Waals surface area contributed by atoms with Crippen LogP contribution in [-0.4, -0.2) is 34.7 Å². The first-order valence-electron chi connectivity index (χ1n) is 11.8. The molecule has 0 saturated heterocycles. The van der Waals surface area contributed by atoms with Crippen molar-refractivity contribution in [1.29, 1.82) is 0 Å². The van der Waals surface area contributed by atoms with Gasteiger partial charge in [0.15, 0.2) is 6.61 Å². The van der Waals surface area contributed by atoms with Crippen LogP contribution in [0.5, 0.6) is 5.75 Å². The van der Waals surface area contributed by atoms with Crippen LogP contribution in [0.2, 0.25) is 0 Å². The summed E-state index contributed by atoms with van der Waals surface area (Å²) < 4.78 is 85.3. The molecule has 3 aromatic rings. The van der Waals surface area contributed by atoms with Crippen molar-refractivity contribution >= 4 is 11.6 Å². The Kier molecular flexibility index (Phi) is 7.91. The van der Waals surface area contributed by atoms with E-state index in [9.17, 15) is 31.1 Å². The number of aromatic nitrogens is 2. The Hall–Kier alpha value is -3.67. The highest BCUT2D eigenvalue weighted by molar-refractivity contribution is 6.03. The van der Waals surface area contributed by atoms with E-state index in [4.69, 9.17) is 5.73 Å². The van der Waals surface area contributed by atoms with Crippen LogP contribution in [-0.2, 0) is 0 Å². The molecule has 4 rings (SSSR count). The van der Waals surface area contributed by atoms with E-state index in [1.807, 2.05) is 0 Å². The molecule has 1 aliphatic rings. The van der Waals surface area contributed by atoms with Gasteiger partial charge in [-0.15, -0.1) is 0 Å². The molecule has 1 fully saturated rings. The summed E-state index contributed by atoms with van der Waals surface area (Å²) in [5.74, 6) is -5.03. The van der Waals surface area contributed by atoms with Crippen LogP contribution in [0.3, 0.4) is 0 Å². The maximum atomic E-state index is 14.7. The molecule has 3 atom stereocenters. The number of hydrogen-bond donors (Lipinski definition) is 2. The van der Waals surface area contributed by atoms with E-state index in [1.165, 1.54) is 6.20 Å². The minimum Gasteiger partial charge on any atom is -0.484 e. The molecule has 12 heteroatoms. The molecule has 0 spiro atoms. The standard InChI is InChI=1S/C26H24F6N4O2/c1-13-6-14(8-15(33)7-13)17-4-5-34-11-22(17)36-25(37)21-3-2-18(27)24(35-21)23-19(28)9-16(10-20(23)29)38-12-26(30,31)32/h2-5,9-11,13-15H,6-8,12,33H2,1H3,(H,36,37)/t13-,14+,15-/m0/s1. The van der Waals surface area contributed by atoms with Gasteiger partial charge in [0, 0.05) is 24.4 Å². The first kappa shape index (κ1) is 27.4. The van der Waals surface area contributed by atoms with Gasteiger partial charge < -0.3 is 15.8 Å². The molecule has 6 nitrogen and oxygen atoms in total. The van der Waals surface area contributed by atoms with Crippen LogP contribution in [0.1, 0.15) is 48.2 Å². The fourth-order valence-corrected chi connectivity index (χ4v) is 4.73. The van der Waals surface area contributed by atoms with Crippen molar-refractivity contribution in [2.45, 2.75) is 44.3 Å². The Morgan fingerprint density at radius 1 is 1.08 bits per heavy atom. The van der Waals surface area contributed by atoms with Gasteiger partial charge in [0.25, 0.3) is 5.91 Å². The van der Waals surface area contributed by atoms with E-state index in [-0.39, 0.29) is 17.7 Å². The van der Waals surface area contributed by atoms with Gasteiger partial charge in [0.2, 0.25) is 0 Å². The average Bonchev–Trinajstić information content (AvgIpc) is 2.82. The maximum absolute atomic E-state index is 14.7. The molecule has 0 radical (unpaired) electrons. The normalized spacial score (nSPS) is 19.7. The second-order valence-corrected chi connectivity index (χ2v) is 9.38. The number of benzene rings is 1. The second-order valence-electron chi connectivity index (χ2n) is 9.38. The van der Waals surface area contributed by atoms with Gasteiger partial charge in [-0.25, -0.2) is 18.2 Å². The van der Waals surface area contributed by atoms with Crippen molar-refractivity contribution < 1.29 is 35.9 Å². The van der Waals surface area contributed by atoms with E-state index in [0.29, 0.717) is 23.7 Å². The summed E-state index contributed by atoms with van der Waals surface area (Å²) in [6.07, 6.45) is 0.807. The summed E-state index contributed by atoms with van der Waals surface area (Å²) in [6.45, 7) is 0.332. The van der Waals surface area contributed by atoms with Crippen LogP contribution in [0, 0.1) is 23.4 Å². The number of nitrogens with one attached hydrogen (secondary N) is 1. The minimum absolute atomic E-state index is 0.0110. The van der Waals surface area contributed by atoms with Gasteiger partial charge in [0.1, 0.15) is 34.6 Å². The topological polar surface area (TPSA) is 90.1 Å². The maximum Gasteiger partial charge on any atom is 0.422 e. The molecular weight excluding hydrogens is 514 g/mol. The van der Waals surface area contributed by atoms with Gasteiger partial charge in [-0.05, 0) is 54.9 Å². The number of carbonyl (C=O) groups excluding carboxylic acids is 1. The van der Waals surface area contributed by atoms with E-state index < -0.39 is 53.1 Å². The zero-order chi connectivity index (χ0) is 27.6. The summed E-state index contributed by atoms with van der Waals surface area (Å²) in [5.41, 5.74) is 5.28. The van der Waals surface area contributed by atoms with Crippen molar-refractivity contribution in [3.63, 3.8) is 0 Å². The predicted molar refractivity (Wildman–Crippen MR) is 127 cm³/mol. The van der Waals surface area contributed by atoms with E-state index >= 15 is 0 Å². The van der Waals surface area contributed by atoms with E-state index in [0.717, 1.165) is 37.0 Å². The zero-order valence-electron chi connectivity index (χ0n) is 20.2. The van der Waals surface area contributed by atoms with E-state index in [1.54, 1.807) is 12.3 Å². The van der Waals surface area contributed by atoms with Crippen LogP contribution >= 0.6 is 0 Å². The monoisotopic (exact) mass is 538 g/mol. The Balaban J connectivity index is 1.60. The molecule has 0 bridgehead atoms. The van der Waals surface area contributed by atoms with Crippen LogP contribution in [0.25, 0.3) is 11.3 Å². The molecule has 1 amide bonds. The number of hydrogen-bond acceptors (Lipinski definition) is 5. The van der Waals surface area contributed by atoms with Crippen molar-refractivity contribution in [3.8, 4) is 17.0 Å². The van der Waals surface area contributed by atoms with Gasteiger partial charge in [-0.1, -0.05) is 6.92 Å². The fourth-order valence-electron chi connectivity index (χ4n) is 4.73. The molecular formula is C26H24F6N4O2. The zero-order valence-corrected chi connectivity index (χ0v) is 20.2. The Labute approximate surface area is 214 Å². The Morgan fingerprint density at radius 2 is 1.79 bits per heavy atom. The minimum atomic E-state index is -4.73. The highest BCUT2D eigenvalue weighted by Gasteiger charge is 2.30. The number of rotatable bonds is 6. The highest BCUT2D eigenvalue weighted by Crippen LogP contribution is 2.38. The number of alkyl halides is 3. The first-order chi connectivity index (χ1) is 17.9.